The van der Waals surface area contributed by atoms with Gasteiger partial charge in [0.1, 0.15) is 0 Å². The van der Waals surface area contributed by atoms with Crippen molar-refractivity contribution >= 4 is 7.60 Å². The Balaban J connectivity index is 2.44. The van der Waals surface area contributed by atoms with Gasteiger partial charge in [0.15, 0.2) is 0 Å². The molecule has 14 heavy (non-hydrogen) atoms. The molecule has 1 heterocycles. The van der Waals surface area contributed by atoms with Gasteiger partial charge in [0, 0.05) is 6.61 Å². The van der Waals surface area contributed by atoms with Crippen molar-refractivity contribution in [1.29, 1.82) is 0 Å². The molecule has 1 saturated heterocycles. The highest BCUT2D eigenvalue weighted by molar-refractivity contribution is 7.53. The van der Waals surface area contributed by atoms with Crippen molar-refractivity contribution in [3.8, 4) is 0 Å². The lowest BCUT2D eigenvalue weighted by Crippen LogP contribution is -2.14. The van der Waals surface area contributed by atoms with E-state index in [1.165, 1.54) is 0 Å². The standard InChI is InChI=1S/C9H19O4P/c1-3-12-14(10,13-4-2)8-9-6-5-7-11-9/h9H,3-8H2,1-2H3. The van der Waals surface area contributed by atoms with Gasteiger partial charge in [0.05, 0.1) is 25.5 Å². The van der Waals surface area contributed by atoms with Crippen molar-refractivity contribution < 1.29 is 18.3 Å². The zero-order chi connectivity index (χ0) is 10.4. The fourth-order valence-electron chi connectivity index (χ4n) is 1.57. The monoisotopic (exact) mass is 222 g/mol. The molecule has 1 fully saturated rings. The van der Waals surface area contributed by atoms with Gasteiger partial charge in [-0.3, -0.25) is 4.57 Å². The summed E-state index contributed by atoms with van der Waals surface area (Å²) in [5.74, 6) is 0. The molecule has 0 saturated carbocycles. The van der Waals surface area contributed by atoms with Crippen molar-refractivity contribution in [1.82, 2.24) is 0 Å². The zero-order valence-electron chi connectivity index (χ0n) is 8.90. The van der Waals surface area contributed by atoms with E-state index in [4.69, 9.17) is 13.8 Å². The Kier molecular flexibility index (Phi) is 5.10. The van der Waals surface area contributed by atoms with Crippen molar-refractivity contribution in [3.05, 3.63) is 0 Å². The van der Waals surface area contributed by atoms with Gasteiger partial charge in [-0.05, 0) is 26.7 Å². The van der Waals surface area contributed by atoms with Gasteiger partial charge in [0.2, 0.25) is 0 Å². The SMILES string of the molecule is CCOP(=O)(CC1CCCO1)OCC. The van der Waals surface area contributed by atoms with E-state index in [2.05, 4.69) is 0 Å². The van der Waals surface area contributed by atoms with Crippen LogP contribution in [0.3, 0.4) is 0 Å². The largest absolute Gasteiger partial charge is 0.378 e. The lowest BCUT2D eigenvalue weighted by molar-refractivity contribution is 0.117. The van der Waals surface area contributed by atoms with Gasteiger partial charge >= 0.3 is 7.60 Å². The highest BCUT2D eigenvalue weighted by Crippen LogP contribution is 2.49. The van der Waals surface area contributed by atoms with Gasteiger partial charge in [0.25, 0.3) is 0 Å². The minimum Gasteiger partial charge on any atom is -0.378 e. The summed E-state index contributed by atoms with van der Waals surface area (Å²) < 4.78 is 27.8. The fraction of sp³-hybridized carbons (Fsp3) is 1.00. The highest BCUT2D eigenvalue weighted by atomic mass is 31.2. The lowest BCUT2D eigenvalue weighted by atomic mass is 10.3. The number of hydrogen-bond acceptors (Lipinski definition) is 4. The highest BCUT2D eigenvalue weighted by Gasteiger charge is 2.30. The number of hydrogen-bond donors (Lipinski definition) is 0. The van der Waals surface area contributed by atoms with Gasteiger partial charge in [-0.25, -0.2) is 0 Å². The summed E-state index contributed by atoms with van der Waals surface area (Å²) in [5.41, 5.74) is 0. The summed E-state index contributed by atoms with van der Waals surface area (Å²) in [4.78, 5) is 0. The Labute approximate surface area is 85.5 Å². The molecule has 0 aromatic rings. The molecule has 0 aliphatic carbocycles. The van der Waals surface area contributed by atoms with Crippen LogP contribution in [0.15, 0.2) is 0 Å². The predicted octanol–water partition coefficient (Wildman–Crippen LogP) is 2.43. The predicted molar refractivity (Wildman–Crippen MR) is 54.7 cm³/mol. The summed E-state index contributed by atoms with van der Waals surface area (Å²) in [6, 6.07) is 0. The zero-order valence-corrected chi connectivity index (χ0v) is 9.79. The van der Waals surface area contributed by atoms with Crippen LogP contribution in [0.5, 0.6) is 0 Å². The van der Waals surface area contributed by atoms with E-state index in [1.807, 2.05) is 13.8 Å². The molecule has 1 unspecified atom stereocenters. The molecule has 0 amide bonds. The van der Waals surface area contributed by atoms with Crippen LogP contribution >= 0.6 is 7.60 Å². The summed E-state index contributed by atoms with van der Waals surface area (Å²) in [6.45, 7) is 5.25. The maximum absolute atomic E-state index is 12.0. The van der Waals surface area contributed by atoms with Crippen molar-refractivity contribution in [3.63, 3.8) is 0 Å². The van der Waals surface area contributed by atoms with E-state index < -0.39 is 7.60 Å². The first kappa shape index (κ1) is 12.2. The summed E-state index contributed by atoms with van der Waals surface area (Å²) in [5, 5.41) is 0. The van der Waals surface area contributed by atoms with E-state index in [1.54, 1.807) is 0 Å². The Morgan fingerprint density at radius 1 is 1.36 bits per heavy atom. The van der Waals surface area contributed by atoms with Gasteiger partial charge in [-0.1, -0.05) is 0 Å². The minimum absolute atomic E-state index is 0.0546. The molecule has 4 nitrogen and oxygen atoms in total. The molecule has 1 rings (SSSR count). The van der Waals surface area contributed by atoms with Crippen LogP contribution in [0, 0.1) is 0 Å². The van der Waals surface area contributed by atoms with Crippen molar-refractivity contribution in [2.45, 2.75) is 32.8 Å². The fourth-order valence-corrected chi connectivity index (χ4v) is 3.43. The minimum atomic E-state index is -2.89. The average Bonchev–Trinajstić information content (AvgIpc) is 2.57. The van der Waals surface area contributed by atoms with E-state index in [0.29, 0.717) is 19.4 Å². The smallest absolute Gasteiger partial charge is 0.333 e. The van der Waals surface area contributed by atoms with Gasteiger partial charge < -0.3 is 13.8 Å². The molecule has 1 aliphatic heterocycles. The van der Waals surface area contributed by atoms with Crippen molar-refractivity contribution in [2.24, 2.45) is 0 Å². The molecule has 1 aliphatic rings. The second-order valence-corrected chi connectivity index (χ2v) is 5.37. The van der Waals surface area contributed by atoms with Crippen LogP contribution < -0.4 is 0 Å². The van der Waals surface area contributed by atoms with Crippen LogP contribution in [-0.4, -0.2) is 32.1 Å². The third-order valence-corrected chi connectivity index (χ3v) is 4.26. The summed E-state index contributed by atoms with van der Waals surface area (Å²) >= 11 is 0. The molecule has 5 heteroatoms. The molecule has 1 atom stereocenters. The Morgan fingerprint density at radius 3 is 2.43 bits per heavy atom. The van der Waals surface area contributed by atoms with Crippen LogP contribution in [0.25, 0.3) is 0 Å². The van der Waals surface area contributed by atoms with E-state index in [9.17, 15) is 4.57 Å². The lowest BCUT2D eigenvalue weighted by Gasteiger charge is -2.19. The van der Waals surface area contributed by atoms with E-state index in [-0.39, 0.29) is 6.10 Å². The summed E-state index contributed by atoms with van der Waals surface area (Å²) in [7, 11) is -2.89. The Morgan fingerprint density at radius 2 is 2.00 bits per heavy atom. The molecular weight excluding hydrogens is 203 g/mol. The quantitative estimate of drug-likeness (QED) is 0.647. The topological polar surface area (TPSA) is 44.8 Å². The first-order chi connectivity index (χ1) is 6.70. The number of rotatable bonds is 6. The average molecular weight is 222 g/mol. The Hall–Kier alpha value is 0.110. The van der Waals surface area contributed by atoms with E-state index >= 15 is 0 Å². The maximum Gasteiger partial charge on any atom is 0.333 e. The first-order valence-corrected chi connectivity index (χ1v) is 6.92. The van der Waals surface area contributed by atoms with Crippen LogP contribution in [0.2, 0.25) is 0 Å². The molecule has 0 spiro atoms. The molecule has 0 radical (unpaired) electrons. The second-order valence-electron chi connectivity index (χ2n) is 3.26. The third kappa shape index (κ3) is 3.70. The Bertz CT molecular complexity index is 191. The van der Waals surface area contributed by atoms with Crippen LogP contribution in [-0.2, 0) is 18.3 Å². The van der Waals surface area contributed by atoms with E-state index in [0.717, 1.165) is 19.4 Å². The normalized spacial score (nSPS) is 22.9. The second kappa shape index (κ2) is 5.86. The molecule has 0 bridgehead atoms. The number of ether oxygens (including phenoxy) is 1. The molecule has 0 aromatic carbocycles. The van der Waals surface area contributed by atoms with Crippen LogP contribution in [0.4, 0.5) is 0 Å². The molecule has 84 valence electrons. The molecular formula is C9H19O4P. The molecule has 0 N–H and O–H groups in total. The van der Waals surface area contributed by atoms with Crippen LogP contribution in [0.1, 0.15) is 26.7 Å². The summed E-state index contributed by atoms with van der Waals surface area (Å²) in [6.07, 6.45) is 2.46. The van der Waals surface area contributed by atoms with Gasteiger partial charge in [-0.2, -0.15) is 0 Å². The van der Waals surface area contributed by atoms with Gasteiger partial charge in [-0.15, -0.1) is 0 Å². The maximum atomic E-state index is 12.0. The third-order valence-electron chi connectivity index (χ3n) is 2.10. The first-order valence-electron chi connectivity index (χ1n) is 5.20. The van der Waals surface area contributed by atoms with Crippen molar-refractivity contribution in [2.75, 3.05) is 26.0 Å². The molecule has 0 aromatic heterocycles.